The third kappa shape index (κ3) is 3.20. The van der Waals surface area contributed by atoms with Crippen molar-refractivity contribution in [1.29, 1.82) is 0 Å². The zero-order valence-corrected chi connectivity index (χ0v) is 9.41. The lowest BCUT2D eigenvalue weighted by Gasteiger charge is -2.04. The Labute approximate surface area is 98.3 Å². The van der Waals surface area contributed by atoms with Gasteiger partial charge in [-0.25, -0.2) is 9.97 Å². The number of nitrogens with one attached hydrogen (secondary N) is 2. The van der Waals surface area contributed by atoms with Gasteiger partial charge in [-0.3, -0.25) is 5.10 Å². The Morgan fingerprint density at radius 3 is 3.06 bits per heavy atom. The summed E-state index contributed by atoms with van der Waals surface area (Å²) in [6.45, 7) is 0.827. The normalized spacial score (nSPS) is 10.3. The lowest BCUT2D eigenvalue weighted by Crippen LogP contribution is -2.05. The van der Waals surface area contributed by atoms with Gasteiger partial charge in [0.05, 0.1) is 0 Å². The molecule has 0 aliphatic carbocycles. The van der Waals surface area contributed by atoms with E-state index >= 15 is 0 Å². The largest absolute Gasteiger partial charge is 0.370 e. The summed E-state index contributed by atoms with van der Waals surface area (Å²) in [5, 5.41) is 10.3. The average Bonchev–Trinajstić information content (AvgIpc) is 2.77. The maximum Gasteiger partial charge on any atom is 0.137 e. The molecular formula is C10H12ClN5. The van der Waals surface area contributed by atoms with Gasteiger partial charge in [0.2, 0.25) is 0 Å². The van der Waals surface area contributed by atoms with Gasteiger partial charge in [-0.1, -0.05) is 17.7 Å². The van der Waals surface area contributed by atoms with Crippen LogP contribution in [0.25, 0.3) is 0 Å². The zero-order chi connectivity index (χ0) is 11.2. The van der Waals surface area contributed by atoms with E-state index in [1.165, 1.54) is 6.33 Å². The minimum atomic E-state index is 0.500. The summed E-state index contributed by atoms with van der Waals surface area (Å²) in [5.74, 6) is 1.70. The molecule has 0 aliphatic rings. The lowest BCUT2D eigenvalue weighted by atomic mass is 10.3. The van der Waals surface area contributed by atoms with Gasteiger partial charge in [-0.05, 0) is 18.6 Å². The van der Waals surface area contributed by atoms with Crippen molar-refractivity contribution in [1.82, 2.24) is 20.2 Å². The number of rotatable bonds is 5. The predicted octanol–water partition coefficient (Wildman–Crippen LogP) is 1.90. The van der Waals surface area contributed by atoms with Crippen molar-refractivity contribution in [3.63, 3.8) is 0 Å². The molecule has 0 aliphatic heterocycles. The third-order valence-corrected chi connectivity index (χ3v) is 2.29. The SMILES string of the molecule is Clc1cccc(NCCCc2ncn[nH]2)n1. The Kier molecular flexibility index (Phi) is 3.71. The minimum absolute atomic E-state index is 0.500. The van der Waals surface area contributed by atoms with Crippen molar-refractivity contribution in [2.45, 2.75) is 12.8 Å². The van der Waals surface area contributed by atoms with E-state index < -0.39 is 0 Å². The fraction of sp³-hybridized carbons (Fsp3) is 0.300. The molecule has 84 valence electrons. The van der Waals surface area contributed by atoms with E-state index in [1.54, 1.807) is 6.07 Å². The van der Waals surface area contributed by atoms with Gasteiger partial charge >= 0.3 is 0 Å². The highest BCUT2D eigenvalue weighted by Gasteiger charge is 1.97. The van der Waals surface area contributed by atoms with E-state index in [2.05, 4.69) is 25.5 Å². The second-order valence-corrected chi connectivity index (χ2v) is 3.70. The molecular weight excluding hydrogens is 226 g/mol. The summed E-state index contributed by atoms with van der Waals surface area (Å²) in [6.07, 6.45) is 3.35. The highest BCUT2D eigenvalue weighted by atomic mass is 35.5. The van der Waals surface area contributed by atoms with E-state index in [-0.39, 0.29) is 0 Å². The third-order valence-electron chi connectivity index (χ3n) is 2.08. The molecule has 2 aromatic heterocycles. The topological polar surface area (TPSA) is 66.5 Å². The molecule has 0 aromatic carbocycles. The summed E-state index contributed by atoms with van der Waals surface area (Å²) in [6, 6.07) is 5.51. The summed E-state index contributed by atoms with van der Waals surface area (Å²) in [7, 11) is 0. The molecule has 0 radical (unpaired) electrons. The van der Waals surface area contributed by atoms with Gasteiger partial charge in [0.1, 0.15) is 23.1 Å². The summed E-state index contributed by atoms with van der Waals surface area (Å²) in [5.41, 5.74) is 0. The van der Waals surface area contributed by atoms with E-state index in [4.69, 9.17) is 11.6 Å². The number of H-pyrrole nitrogens is 1. The van der Waals surface area contributed by atoms with Gasteiger partial charge < -0.3 is 5.32 Å². The Balaban J connectivity index is 1.72. The van der Waals surface area contributed by atoms with Gasteiger partial charge in [-0.15, -0.1) is 0 Å². The summed E-state index contributed by atoms with van der Waals surface area (Å²) < 4.78 is 0. The van der Waals surface area contributed by atoms with Crippen LogP contribution in [0.5, 0.6) is 0 Å². The number of halogens is 1. The van der Waals surface area contributed by atoms with E-state index in [0.717, 1.165) is 31.0 Å². The number of anilines is 1. The van der Waals surface area contributed by atoms with Gasteiger partial charge in [0.15, 0.2) is 0 Å². The van der Waals surface area contributed by atoms with Gasteiger partial charge in [0.25, 0.3) is 0 Å². The molecule has 0 unspecified atom stereocenters. The Bertz CT molecular complexity index is 429. The molecule has 2 N–H and O–H groups in total. The summed E-state index contributed by atoms with van der Waals surface area (Å²) >= 11 is 5.76. The van der Waals surface area contributed by atoms with Crippen LogP contribution in [0.2, 0.25) is 5.15 Å². The second-order valence-electron chi connectivity index (χ2n) is 3.31. The number of hydrogen-bond donors (Lipinski definition) is 2. The standard InChI is InChI=1S/C10H12ClN5/c11-8-3-1-4-9(15-8)12-6-2-5-10-13-7-14-16-10/h1,3-4,7H,2,5-6H2,(H,12,15)(H,13,14,16). The first-order chi connectivity index (χ1) is 7.84. The molecule has 0 spiro atoms. The van der Waals surface area contributed by atoms with Crippen LogP contribution in [-0.2, 0) is 6.42 Å². The molecule has 2 aromatic rings. The van der Waals surface area contributed by atoms with Gasteiger partial charge in [0, 0.05) is 13.0 Å². The smallest absolute Gasteiger partial charge is 0.137 e. The Morgan fingerprint density at radius 2 is 2.31 bits per heavy atom. The molecule has 16 heavy (non-hydrogen) atoms. The maximum absolute atomic E-state index is 5.76. The van der Waals surface area contributed by atoms with Crippen molar-refractivity contribution in [3.05, 3.63) is 35.5 Å². The molecule has 0 amide bonds. The molecule has 0 atom stereocenters. The summed E-state index contributed by atoms with van der Waals surface area (Å²) in [4.78, 5) is 8.17. The molecule has 0 fully saturated rings. The molecule has 0 saturated carbocycles. The average molecular weight is 238 g/mol. The number of aromatic nitrogens is 4. The number of nitrogens with zero attached hydrogens (tertiary/aromatic N) is 3. The van der Waals surface area contributed by atoms with Crippen molar-refractivity contribution < 1.29 is 0 Å². The van der Waals surface area contributed by atoms with Gasteiger partial charge in [-0.2, -0.15) is 5.10 Å². The van der Waals surface area contributed by atoms with Crippen LogP contribution in [0.3, 0.4) is 0 Å². The van der Waals surface area contributed by atoms with Crippen molar-refractivity contribution in [2.24, 2.45) is 0 Å². The zero-order valence-electron chi connectivity index (χ0n) is 8.65. The highest BCUT2D eigenvalue weighted by Crippen LogP contribution is 2.09. The highest BCUT2D eigenvalue weighted by molar-refractivity contribution is 6.29. The fourth-order valence-corrected chi connectivity index (χ4v) is 1.49. The Morgan fingerprint density at radius 1 is 1.38 bits per heavy atom. The lowest BCUT2D eigenvalue weighted by molar-refractivity contribution is 0.803. The molecule has 6 heteroatoms. The van der Waals surface area contributed by atoms with E-state index in [1.807, 2.05) is 12.1 Å². The molecule has 2 rings (SSSR count). The van der Waals surface area contributed by atoms with Crippen LogP contribution >= 0.6 is 11.6 Å². The van der Waals surface area contributed by atoms with Crippen LogP contribution in [-0.4, -0.2) is 26.7 Å². The first kappa shape index (κ1) is 10.9. The first-order valence-electron chi connectivity index (χ1n) is 5.05. The van der Waals surface area contributed by atoms with Crippen molar-refractivity contribution >= 4 is 17.4 Å². The number of pyridine rings is 1. The number of aryl methyl sites for hydroxylation is 1. The van der Waals surface area contributed by atoms with Crippen LogP contribution < -0.4 is 5.32 Å². The molecule has 5 nitrogen and oxygen atoms in total. The van der Waals surface area contributed by atoms with Crippen molar-refractivity contribution in [2.75, 3.05) is 11.9 Å². The van der Waals surface area contributed by atoms with E-state index in [0.29, 0.717) is 5.15 Å². The van der Waals surface area contributed by atoms with Crippen LogP contribution in [0, 0.1) is 0 Å². The quantitative estimate of drug-likeness (QED) is 0.616. The predicted molar refractivity (Wildman–Crippen MR) is 62.4 cm³/mol. The molecule has 0 saturated heterocycles. The maximum atomic E-state index is 5.76. The number of aromatic amines is 1. The Hall–Kier alpha value is -1.62. The van der Waals surface area contributed by atoms with Crippen LogP contribution in [0.15, 0.2) is 24.5 Å². The molecule has 0 bridgehead atoms. The first-order valence-corrected chi connectivity index (χ1v) is 5.43. The van der Waals surface area contributed by atoms with Crippen molar-refractivity contribution in [3.8, 4) is 0 Å². The number of hydrogen-bond acceptors (Lipinski definition) is 4. The molecule has 2 heterocycles. The fourth-order valence-electron chi connectivity index (χ4n) is 1.33. The second kappa shape index (κ2) is 5.46. The van der Waals surface area contributed by atoms with E-state index in [9.17, 15) is 0 Å². The van der Waals surface area contributed by atoms with Crippen LogP contribution in [0.1, 0.15) is 12.2 Å². The monoisotopic (exact) mass is 237 g/mol. The minimum Gasteiger partial charge on any atom is -0.370 e. The van der Waals surface area contributed by atoms with Crippen LogP contribution in [0.4, 0.5) is 5.82 Å².